The Morgan fingerprint density at radius 2 is 2.00 bits per heavy atom. The van der Waals surface area contributed by atoms with Gasteiger partial charge < -0.3 is 0 Å². The zero-order valence-corrected chi connectivity index (χ0v) is 18.1. The maximum atomic E-state index is 13.3. The summed E-state index contributed by atoms with van der Waals surface area (Å²) >= 11 is 9.90. The van der Waals surface area contributed by atoms with Gasteiger partial charge in [-0.3, -0.25) is 14.5 Å². The number of aromatic nitrogens is 1. The van der Waals surface area contributed by atoms with Crippen LogP contribution in [-0.2, 0) is 9.59 Å². The number of aromatic amines is 1. The largest absolute Gasteiger partial charge is 0.294 e. The van der Waals surface area contributed by atoms with Crippen LogP contribution in [-0.4, -0.2) is 11.7 Å². The second-order valence-corrected chi connectivity index (χ2v) is 9.54. The fourth-order valence-electron chi connectivity index (χ4n) is 4.27. The molecule has 0 bridgehead atoms. The molecule has 1 unspecified atom stereocenters. The van der Waals surface area contributed by atoms with Gasteiger partial charge in [0.1, 0.15) is 0 Å². The zero-order chi connectivity index (χ0) is 20.1. The number of benzene rings is 1. The molecule has 1 atom stereocenters. The number of pyridine rings is 1. The molecule has 144 valence electrons. The predicted octanol–water partition coefficient (Wildman–Crippen LogP) is 5.08. The van der Waals surface area contributed by atoms with Gasteiger partial charge in [0.2, 0.25) is 5.91 Å². The van der Waals surface area contributed by atoms with Gasteiger partial charge >= 0.3 is 0 Å². The van der Waals surface area contributed by atoms with Gasteiger partial charge in [0.05, 0.1) is 10.7 Å². The van der Waals surface area contributed by atoms with E-state index < -0.39 is 0 Å². The Morgan fingerprint density at radius 1 is 1.21 bits per heavy atom. The number of Topliss-reactive ketones (excluding diaryl/α,β-unsaturated/α-hetero) is 1. The minimum Gasteiger partial charge on any atom is -0.294 e. The molecule has 2 heterocycles. The lowest BCUT2D eigenvalue weighted by atomic mass is 9.69. The molecule has 0 spiro atoms. The fraction of sp³-hybridized carbons (Fsp3) is 0.318. The van der Waals surface area contributed by atoms with Gasteiger partial charge in [-0.15, -0.1) is 0 Å². The van der Waals surface area contributed by atoms with Crippen LogP contribution in [0.25, 0.3) is 0 Å². The number of hydrogen-bond acceptors (Lipinski definition) is 2. The molecular formula is C22H21BrClN2O2+. The summed E-state index contributed by atoms with van der Waals surface area (Å²) in [7, 11) is 0. The van der Waals surface area contributed by atoms with E-state index in [1.807, 2.05) is 36.7 Å². The molecule has 1 N–H and O–H groups in total. The van der Waals surface area contributed by atoms with Crippen molar-refractivity contribution < 1.29 is 14.6 Å². The lowest BCUT2D eigenvalue weighted by Gasteiger charge is -2.42. The average molecular weight is 461 g/mol. The Hall–Kier alpha value is -1.98. The van der Waals surface area contributed by atoms with Crippen molar-refractivity contribution in [3.8, 4) is 0 Å². The van der Waals surface area contributed by atoms with E-state index in [9.17, 15) is 9.59 Å². The first kappa shape index (κ1) is 19.3. The summed E-state index contributed by atoms with van der Waals surface area (Å²) in [5, 5.41) is 0.483. The van der Waals surface area contributed by atoms with Crippen molar-refractivity contribution in [1.29, 1.82) is 0 Å². The Morgan fingerprint density at radius 3 is 2.68 bits per heavy atom. The monoisotopic (exact) mass is 459 g/mol. The highest BCUT2D eigenvalue weighted by molar-refractivity contribution is 9.10. The van der Waals surface area contributed by atoms with Gasteiger partial charge in [0, 0.05) is 46.1 Å². The Labute approximate surface area is 177 Å². The molecule has 6 heteroatoms. The van der Waals surface area contributed by atoms with Crippen LogP contribution < -0.4 is 9.88 Å². The second kappa shape index (κ2) is 7.12. The van der Waals surface area contributed by atoms with Crippen molar-refractivity contribution in [3.63, 3.8) is 0 Å². The average Bonchev–Trinajstić information content (AvgIpc) is 2.62. The number of anilines is 1. The normalized spacial score (nSPS) is 21.7. The Bertz CT molecular complexity index is 1000. The van der Waals surface area contributed by atoms with Crippen molar-refractivity contribution in [2.75, 3.05) is 4.90 Å². The highest BCUT2D eigenvalue weighted by atomic mass is 79.9. The van der Waals surface area contributed by atoms with Crippen LogP contribution in [0.5, 0.6) is 0 Å². The number of rotatable bonds is 2. The molecule has 4 nitrogen and oxygen atoms in total. The summed E-state index contributed by atoms with van der Waals surface area (Å²) in [5.41, 5.74) is 2.91. The van der Waals surface area contributed by atoms with Gasteiger partial charge in [-0.1, -0.05) is 41.4 Å². The number of carbonyl (C=O) groups is 2. The van der Waals surface area contributed by atoms with E-state index >= 15 is 0 Å². The van der Waals surface area contributed by atoms with Crippen LogP contribution in [0.15, 0.2) is 58.5 Å². The third-order valence-electron chi connectivity index (χ3n) is 5.43. The van der Waals surface area contributed by atoms with E-state index in [0.717, 1.165) is 21.3 Å². The van der Waals surface area contributed by atoms with Crippen molar-refractivity contribution >= 4 is 44.9 Å². The molecular weight excluding hydrogens is 440 g/mol. The number of allylic oxidation sites excluding steroid dienone is 2. The summed E-state index contributed by atoms with van der Waals surface area (Å²) in [6, 6.07) is 9.34. The maximum absolute atomic E-state index is 13.3. The van der Waals surface area contributed by atoms with Gasteiger partial charge in [-0.2, -0.15) is 0 Å². The topological polar surface area (TPSA) is 51.5 Å². The molecule has 0 saturated heterocycles. The summed E-state index contributed by atoms with van der Waals surface area (Å²) < 4.78 is 0.845. The molecule has 2 aliphatic rings. The summed E-state index contributed by atoms with van der Waals surface area (Å²) in [6.45, 7) is 4.14. The quantitative estimate of drug-likeness (QED) is 0.627. The molecule has 28 heavy (non-hydrogen) atoms. The number of carbonyl (C=O) groups excluding carboxylic acids is 2. The third kappa shape index (κ3) is 3.42. The van der Waals surface area contributed by atoms with Crippen LogP contribution in [0.4, 0.5) is 5.69 Å². The number of halogens is 2. The van der Waals surface area contributed by atoms with E-state index in [0.29, 0.717) is 23.6 Å². The van der Waals surface area contributed by atoms with Crippen molar-refractivity contribution in [2.45, 2.75) is 39.0 Å². The number of ketones is 1. The van der Waals surface area contributed by atoms with Crippen LogP contribution in [0.3, 0.4) is 0 Å². The van der Waals surface area contributed by atoms with E-state index in [1.165, 1.54) is 0 Å². The molecule has 1 amide bonds. The van der Waals surface area contributed by atoms with Crippen molar-refractivity contribution in [3.05, 3.63) is 69.1 Å². The third-order valence-corrected chi connectivity index (χ3v) is 6.22. The molecule has 0 radical (unpaired) electrons. The van der Waals surface area contributed by atoms with Gasteiger partial charge in [0.15, 0.2) is 18.2 Å². The number of H-pyrrole nitrogens is 1. The van der Waals surface area contributed by atoms with Gasteiger partial charge in [0.25, 0.3) is 0 Å². The molecule has 0 fully saturated rings. The molecule has 1 aromatic carbocycles. The van der Waals surface area contributed by atoms with E-state index in [-0.39, 0.29) is 29.4 Å². The molecule has 1 aliphatic carbocycles. The lowest BCUT2D eigenvalue weighted by molar-refractivity contribution is -0.378. The fourth-order valence-corrected chi connectivity index (χ4v) is 5.02. The first-order valence-electron chi connectivity index (χ1n) is 9.27. The van der Waals surface area contributed by atoms with Crippen molar-refractivity contribution in [1.82, 2.24) is 0 Å². The smallest absolute Gasteiger partial charge is 0.232 e. The Balaban J connectivity index is 1.92. The minimum absolute atomic E-state index is 0.0395. The van der Waals surface area contributed by atoms with Crippen LogP contribution in [0.2, 0.25) is 5.02 Å². The highest BCUT2D eigenvalue weighted by Gasteiger charge is 2.45. The number of nitrogens with zero attached hydrogens (tertiary/aromatic N) is 1. The van der Waals surface area contributed by atoms with Crippen molar-refractivity contribution in [2.24, 2.45) is 5.41 Å². The Kier molecular flexibility index (Phi) is 4.92. The molecule has 0 saturated carbocycles. The number of amides is 1. The van der Waals surface area contributed by atoms with Gasteiger partial charge in [-0.05, 0) is 36.1 Å². The predicted molar refractivity (Wildman–Crippen MR) is 112 cm³/mol. The van der Waals surface area contributed by atoms with E-state index in [2.05, 4.69) is 34.8 Å². The minimum atomic E-state index is -0.228. The lowest BCUT2D eigenvalue weighted by Crippen LogP contribution is -2.44. The van der Waals surface area contributed by atoms with Gasteiger partial charge in [-0.25, -0.2) is 4.98 Å². The van der Waals surface area contributed by atoms with E-state index in [1.54, 1.807) is 11.0 Å². The summed E-state index contributed by atoms with van der Waals surface area (Å²) in [5.74, 6) is -0.151. The SMILES string of the molecule is CC1(C)CC(=O)C2=C(C1)N(c1ccc(Br)cc1Cl)C(=O)CC2c1ccc[nH+]c1. The number of nitrogens with one attached hydrogen (secondary N) is 1. The molecule has 1 aromatic heterocycles. The zero-order valence-electron chi connectivity index (χ0n) is 15.8. The number of hydrogen-bond donors (Lipinski definition) is 0. The summed E-state index contributed by atoms with van der Waals surface area (Å²) in [6.07, 6.45) is 5.07. The van der Waals surface area contributed by atoms with E-state index in [4.69, 9.17) is 11.6 Å². The first-order chi connectivity index (χ1) is 13.3. The van der Waals surface area contributed by atoms with Crippen LogP contribution >= 0.6 is 27.5 Å². The molecule has 4 rings (SSSR count). The second-order valence-electron chi connectivity index (χ2n) is 8.22. The van der Waals surface area contributed by atoms with Crippen LogP contribution in [0, 0.1) is 5.41 Å². The first-order valence-corrected chi connectivity index (χ1v) is 10.4. The molecule has 2 aromatic rings. The van der Waals surface area contributed by atoms with Crippen LogP contribution in [0.1, 0.15) is 44.6 Å². The summed E-state index contributed by atoms with van der Waals surface area (Å²) in [4.78, 5) is 31.2. The maximum Gasteiger partial charge on any atom is 0.232 e. The highest BCUT2D eigenvalue weighted by Crippen LogP contribution is 2.49. The molecule has 1 aliphatic heterocycles. The standard InChI is InChI=1S/C22H20BrClN2O2/c1-22(2)10-18-21(19(27)11-22)15(13-4-3-7-25-12-13)9-20(28)26(18)17-6-5-14(23)8-16(17)24/h3-8,12,15H,9-11H2,1-2H3/p+1.